The number of fused-ring (bicyclic) bond motifs is 1. The number of alkyl halides is 1. The molecule has 3 aliphatic heterocycles. The second kappa shape index (κ2) is 8.89. The lowest BCUT2D eigenvalue weighted by molar-refractivity contribution is -0.145. The molecular weight excluding hydrogens is 442 g/mol. The third-order valence-corrected chi connectivity index (χ3v) is 7.52. The van der Waals surface area contributed by atoms with E-state index in [1.165, 1.54) is 4.90 Å². The van der Waals surface area contributed by atoms with Gasteiger partial charge in [0.15, 0.2) is 0 Å². The Morgan fingerprint density at radius 2 is 2.07 bits per heavy atom. The first-order chi connectivity index (χ1) is 13.9. The molecule has 3 heterocycles. The number of likely N-dealkylation sites (tertiary alicyclic amines) is 1. The lowest BCUT2D eigenvalue weighted by Gasteiger charge is -2.36. The SMILES string of the molecule is CCCCCNC(=O)C1N([C@@H](CC)CO)C(=O)[C@@H]2[C@H](C(=O)NC)[C@H]3OC12CC3Br. The number of nitrogens with one attached hydrogen (secondary N) is 2. The fourth-order valence-corrected chi connectivity index (χ4v) is 6.27. The topological polar surface area (TPSA) is 108 Å². The van der Waals surface area contributed by atoms with Crippen LogP contribution in [0, 0.1) is 11.8 Å². The molecule has 8 nitrogen and oxygen atoms in total. The summed E-state index contributed by atoms with van der Waals surface area (Å²) in [5.74, 6) is -2.15. The van der Waals surface area contributed by atoms with Crippen LogP contribution in [0.3, 0.4) is 0 Å². The number of nitrogens with zero attached hydrogens (tertiary/aromatic N) is 1. The summed E-state index contributed by atoms with van der Waals surface area (Å²) in [6, 6.07) is -1.34. The predicted molar refractivity (Wildman–Crippen MR) is 110 cm³/mol. The summed E-state index contributed by atoms with van der Waals surface area (Å²) in [5.41, 5.74) is -1.05. The number of amides is 3. The van der Waals surface area contributed by atoms with Gasteiger partial charge in [0, 0.05) is 18.4 Å². The van der Waals surface area contributed by atoms with Gasteiger partial charge in [0.2, 0.25) is 17.7 Å². The van der Waals surface area contributed by atoms with Gasteiger partial charge in [0.1, 0.15) is 11.6 Å². The molecule has 3 amide bonds. The summed E-state index contributed by atoms with van der Waals surface area (Å²) in [4.78, 5) is 40.8. The first-order valence-corrected chi connectivity index (χ1v) is 11.5. The zero-order chi connectivity index (χ0) is 21.3. The van der Waals surface area contributed by atoms with Crippen LogP contribution in [0.1, 0.15) is 46.0 Å². The zero-order valence-electron chi connectivity index (χ0n) is 17.3. The lowest BCUT2D eigenvalue weighted by atomic mass is 9.70. The molecular formula is C20H32BrN3O5. The molecule has 0 aromatic rings. The second-order valence-corrected chi connectivity index (χ2v) is 9.44. The molecule has 164 valence electrons. The van der Waals surface area contributed by atoms with Crippen molar-refractivity contribution in [1.29, 1.82) is 0 Å². The van der Waals surface area contributed by atoms with Crippen molar-refractivity contribution in [1.82, 2.24) is 15.5 Å². The van der Waals surface area contributed by atoms with E-state index in [0.29, 0.717) is 19.4 Å². The highest BCUT2D eigenvalue weighted by Crippen LogP contribution is 2.60. The number of ether oxygens (including phenoxy) is 1. The van der Waals surface area contributed by atoms with E-state index in [2.05, 4.69) is 33.5 Å². The standard InChI is InChI=1S/C20H32BrN3O5/c1-4-6-7-8-23-18(27)16-20-9-12(21)15(29-20)13(17(26)22-3)14(20)19(28)24(16)11(5-2)10-25/h11-16,25H,4-10H2,1-3H3,(H,22,26)(H,23,27)/t11-,12?,13-,14-,15-,16?,20?/m0/s1. The van der Waals surface area contributed by atoms with Gasteiger partial charge < -0.3 is 25.4 Å². The lowest BCUT2D eigenvalue weighted by Crippen LogP contribution is -2.58. The van der Waals surface area contributed by atoms with E-state index >= 15 is 0 Å². The minimum absolute atomic E-state index is 0.113. The number of halogens is 1. The van der Waals surface area contributed by atoms with Gasteiger partial charge in [-0.2, -0.15) is 0 Å². The van der Waals surface area contributed by atoms with Crippen LogP contribution in [-0.2, 0) is 19.1 Å². The van der Waals surface area contributed by atoms with Crippen LogP contribution in [-0.4, -0.2) is 76.5 Å². The van der Waals surface area contributed by atoms with Gasteiger partial charge in [0.05, 0.1) is 30.6 Å². The molecule has 7 atom stereocenters. The molecule has 0 radical (unpaired) electrons. The Morgan fingerprint density at radius 1 is 1.34 bits per heavy atom. The summed E-state index contributed by atoms with van der Waals surface area (Å²) in [7, 11) is 1.54. The van der Waals surface area contributed by atoms with Crippen molar-refractivity contribution < 1.29 is 24.2 Å². The Morgan fingerprint density at radius 3 is 2.66 bits per heavy atom. The van der Waals surface area contributed by atoms with Gasteiger partial charge in [-0.1, -0.05) is 42.6 Å². The maximum Gasteiger partial charge on any atom is 0.245 e. The monoisotopic (exact) mass is 473 g/mol. The summed E-state index contributed by atoms with van der Waals surface area (Å²) >= 11 is 3.61. The van der Waals surface area contributed by atoms with Gasteiger partial charge in [0.25, 0.3) is 0 Å². The van der Waals surface area contributed by atoms with E-state index in [1.54, 1.807) is 7.05 Å². The number of aliphatic hydroxyl groups is 1. The van der Waals surface area contributed by atoms with Crippen LogP contribution in [0.2, 0.25) is 0 Å². The number of unbranched alkanes of at least 4 members (excludes halogenated alkanes) is 2. The molecule has 29 heavy (non-hydrogen) atoms. The Bertz CT molecular complexity index is 658. The Balaban J connectivity index is 1.97. The van der Waals surface area contributed by atoms with Gasteiger partial charge >= 0.3 is 0 Å². The maximum absolute atomic E-state index is 13.5. The number of hydrogen-bond acceptors (Lipinski definition) is 5. The van der Waals surface area contributed by atoms with Crippen molar-refractivity contribution in [2.75, 3.05) is 20.2 Å². The normalized spacial score (nSPS) is 36.2. The van der Waals surface area contributed by atoms with Gasteiger partial charge in [-0.3, -0.25) is 14.4 Å². The highest BCUT2D eigenvalue weighted by Gasteiger charge is 2.76. The van der Waals surface area contributed by atoms with Crippen molar-refractivity contribution in [2.24, 2.45) is 11.8 Å². The summed E-state index contributed by atoms with van der Waals surface area (Å²) in [5, 5.41) is 15.5. The van der Waals surface area contributed by atoms with Crippen LogP contribution in [0.15, 0.2) is 0 Å². The molecule has 9 heteroatoms. The minimum Gasteiger partial charge on any atom is -0.394 e. The number of aliphatic hydroxyl groups excluding tert-OH is 1. The van der Waals surface area contributed by atoms with Crippen LogP contribution in [0.25, 0.3) is 0 Å². The molecule has 0 aromatic heterocycles. The molecule has 3 aliphatic rings. The maximum atomic E-state index is 13.5. The number of hydrogen-bond donors (Lipinski definition) is 3. The first kappa shape index (κ1) is 22.5. The molecule has 0 aromatic carbocycles. The Hall–Kier alpha value is -1.19. The molecule has 3 fully saturated rings. The van der Waals surface area contributed by atoms with Crippen molar-refractivity contribution in [3.63, 3.8) is 0 Å². The number of carbonyl (C=O) groups excluding carboxylic acids is 3. The molecule has 0 saturated carbocycles. The van der Waals surface area contributed by atoms with Gasteiger partial charge in [-0.25, -0.2) is 0 Å². The summed E-state index contributed by atoms with van der Waals surface area (Å²) in [6.45, 7) is 4.26. The highest BCUT2D eigenvalue weighted by atomic mass is 79.9. The molecule has 3 saturated heterocycles. The van der Waals surface area contributed by atoms with Crippen LogP contribution in [0.4, 0.5) is 0 Å². The zero-order valence-corrected chi connectivity index (χ0v) is 18.9. The van der Waals surface area contributed by atoms with E-state index in [0.717, 1.165) is 19.3 Å². The fraction of sp³-hybridized carbons (Fsp3) is 0.850. The van der Waals surface area contributed by atoms with Crippen LogP contribution < -0.4 is 10.6 Å². The second-order valence-electron chi connectivity index (χ2n) is 8.27. The first-order valence-electron chi connectivity index (χ1n) is 10.6. The Labute approximate surface area is 180 Å². The predicted octanol–water partition coefficient (Wildman–Crippen LogP) is 0.558. The van der Waals surface area contributed by atoms with Crippen molar-refractivity contribution in [2.45, 2.75) is 74.6 Å². The van der Waals surface area contributed by atoms with Crippen molar-refractivity contribution in [3.8, 4) is 0 Å². The van der Waals surface area contributed by atoms with Gasteiger partial charge in [-0.05, 0) is 19.3 Å². The fourth-order valence-electron chi connectivity index (χ4n) is 5.32. The summed E-state index contributed by atoms with van der Waals surface area (Å²) < 4.78 is 6.32. The summed E-state index contributed by atoms with van der Waals surface area (Å²) in [6.07, 6.45) is 3.46. The van der Waals surface area contributed by atoms with Crippen molar-refractivity contribution >= 4 is 33.7 Å². The molecule has 0 aliphatic carbocycles. The smallest absolute Gasteiger partial charge is 0.245 e. The number of rotatable bonds is 9. The molecule has 3 N–H and O–H groups in total. The molecule has 3 unspecified atom stereocenters. The average Bonchev–Trinajstić information content (AvgIpc) is 3.30. The van der Waals surface area contributed by atoms with E-state index in [-0.39, 0.29) is 29.2 Å². The third-order valence-electron chi connectivity index (χ3n) is 6.68. The molecule has 1 spiro atoms. The number of carbonyl (C=O) groups is 3. The van der Waals surface area contributed by atoms with Crippen LogP contribution in [0.5, 0.6) is 0 Å². The molecule has 2 bridgehead atoms. The van der Waals surface area contributed by atoms with E-state index in [9.17, 15) is 19.5 Å². The molecule has 3 rings (SSSR count). The largest absolute Gasteiger partial charge is 0.394 e. The third kappa shape index (κ3) is 3.49. The quantitative estimate of drug-likeness (QED) is 0.334. The average molecular weight is 474 g/mol. The van der Waals surface area contributed by atoms with Gasteiger partial charge in [-0.15, -0.1) is 0 Å². The minimum atomic E-state index is -1.05. The van der Waals surface area contributed by atoms with Crippen LogP contribution >= 0.6 is 15.9 Å². The van der Waals surface area contributed by atoms with Crippen molar-refractivity contribution in [3.05, 3.63) is 0 Å². The Kier molecular flexibility index (Phi) is 6.90. The van der Waals surface area contributed by atoms with E-state index in [4.69, 9.17) is 4.74 Å². The van der Waals surface area contributed by atoms with E-state index in [1.807, 2.05) is 6.92 Å². The highest BCUT2D eigenvalue weighted by molar-refractivity contribution is 9.09. The van der Waals surface area contributed by atoms with E-state index < -0.39 is 35.6 Å².